The molecule has 1 saturated heterocycles. The van der Waals surface area contributed by atoms with Crippen LogP contribution in [0.3, 0.4) is 0 Å². The predicted molar refractivity (Wildman–Crippen MR) is 102 cm³/mol. The van der Waals surface area contributed by atoms with Crippen LogP contribution in [-0.2, 0) is 6.42 Å². The van der Waals surface area contributed by atoms with Gasteiger partial charge in [-0.15, -0.1) is 0 Å². The van der Waals surface area contributed by atoms with E-state index in [1.807, 2.05) is 41.4 Å². The van der Waals surface area contributed by atoms with Gasteiger partial charge in [0.1, 0.15) is 0 Å². The molecule has 1 unspecified atom stereocenters. The Morgan fingerprint density at radius 2 is 2.04 bits per heavy atom. The van der Waals surface area contributed by atoms with Crippen LogP contribution in [0.4, 0.5) is 5.69 Å². The maximum Gasteiger partial charge on any atom is 0.253 e. The van der Waals surface area contributed by atoms with Crippen molar-refractivity contribution < 1.29 is 4.79 Å². The lowest BCUT2D eigenvalue weighted by atomic mass is 9.93. The summed E-state index contributed by atoms with van der Waals surface area (Å²) >= 11 is 6.12. The van der Waals surface area contributed by atoms with Gasteiger partial charge in [-0.3, -0.25) is 9.79 Å². The zero-order valence-corrected chi connectivity index (χ0v) is 15.0. The lowest BCUT2D eigenvalue weighted by Gasteiger charge is -2.37. The number of hydrogen-bond donors (Lipinski definition) is 0. The Morgan fingerprint density at radius 1 is 1.20 bits per heavy atom. The first-order valence-electron chi connectivity index (χ1n) is 8.82. The molecule has 2 heterocycles. The van der Waals surface area contributed by atoms with E-state index in [4.69, 9.17) is 16.6 Å². The lowest BCUT2D eigenvalue weighted by molar-refractivity contribution is 0.0530. The summed E-state index contributed by atoms with van der Waals surface area (Å²) in [6, 6.07) is 13.9. The summed E-state index contributed by atoms with van der Waals surface area (Å²) in [7, 11) is 0. The van der Waals surface area contributed by atoms with Crippen LogP contribution in [0, 0.1) is 5.92 Å². The average Bonchev–Trinajstić information content (AvgIpc) is 2.80. The highest BCUT2D eigenvalue weighted by atomic mass is 35.5. The van der Waals surface area contributed by atoms with E-state index in [9.17, 15) is 4.79 Å². The minimum absolute atomic E-state index is 0.117. The second kappa shape index (κ2) is 6.64. The number of nitrogens with zero attached hydrogens (tertiary/aromatic N) is 2. The van der Waals surface area contributed by atoms with Gasteiger partial charge in [-0.25, -0.2) is 0 Å². The van der Waals surface area contributed by atoms with Crippen LogP contribution in [-0.4, -0.2) is 30.1 Å². The third-order valence-electron chi connectivity index (χ3n) is 5.08. The lowest BCUT2D eigenvalue weighted by Crippen LogP contribution is -2.48. The van der Waals surface area contributed by atoms with Crippen molar-refractivity contribution in [3.63, 3.8) is 0 Å². The van der Waals surface area contributed by atoms with Crippen LogP contribution in [0.5, 0.6) is 0 Å². The van der Waals surface area contributed by atoms with E-state index >= 15 is 0 Å². The topological polar surface area (TPSA) is 32.7 Å². The van der Waals surface area contributed by atoms with Crippen molar-refractivity contribution in [1.29, 1.82) is 0 Å². The largest absolute Gasteiger partial charge is 0.338 e. The first kappa shape index (κ1) is 16.3. The van der Waals surface area contributed by atoms with Crippen molar-refractivity contribution in [2.24, 2.45) is 10.9 Å². The summed E-state index contributed by atoms with van der Waals surface area (Å²) in [4.78, 5) is 19.1. The molecule has 1 atom stereocenters. The fraction of sp³-hybridized carbons (Fsp3) is 0.333. The number of carbonyl (C=O) groups excluding carboxylic acids is 1. The van der Waals surface area contributed by atoms with E-state index in [2.05, 4.69) is 19.1 Å². The molecule has 25 heavy (non-hydrogen) atoms. The third-order valence-corrected chi connectivity index (χ3v) is 5.31. The summed E-state index contributed by atoms with van der Waals surface area (Å²) in [5.41, 5.74) is 4.05. The Kier molecular flexibility index (Phi) is 4.34. The number of likely N-dealkylation sites (tertiary alicyclic amines) is 1. The molecule has 0 bridgehead atoms. The van der Waals surface area contributed by atoms with E-state index in [-0.39, 0.29) is 11.8 Å². The first-order valence-corrected chi connectivity index (χ1v) is 9.20. The average molecular weight is 353 g/mol. The second-order valence-corrected chi connectivity index (χ2v) is 7.57. The Balaban J connectivity index is 1.57. The van der Waals surface area contributed by atoms with Gasteiger partial charge in [0, 0.05) is 35.8 Å². The second-order valence-electron chi connectivity index (χ2n) is 7.14. The van der Waals surface area contributed by atoms with Crippen LogP contribution in [0.1, 0.15) is 40.7 Å². The van der Waals surface area contributed by atoms with E-state index in [1.54, 1.807) is 0 Å². The summed E-state index contributed by atoms with van der Waals surface area (Å²) in [6.45, 7) is 3.88. The quantitative estimate of drug-likeness (QED) is 0.759. The number of fused-ring (bicyclic) bond motifs is 1. The van der Waals surface area contributed by atoms with E-state index < -0.39 is 0 Å². The van der Waals surface area contributed by atoms with Crippen LogP contribution in [0.2, 0.25) is 5.02 Å². The van der Waals surface area contributed by atoms with Crippen molar-refractivity contribution in [3.8, 4) is 0 Å². The zero-order chi connectivity index (χ0) is 17.4. The number of aliphatic imine (C=N–C) groups is 1. The molecule has 0 aliphatic carbocycles. The number of rotatable bonds is 2. The SMILES string of the molecule is CC1CN(C(=O)c2ccc3c(c2)N=CC(c2cccc(Cl)c2)CC3)C1. The normalized spacial score (nSPS) is 19.9. The van der Waals surface area contributed by atoms with Crippen molar-refractivity contribution in [1.82, 2.24) is 4.90 Å². The maximum absolute atomic E-state index is 12.5. The van der Waals surface area contributed by atoms with Crippen molar-refractivity contribution in [2.45, 2.75) is 25.7 Å². The standard InChI is InChI=1S/C21H21ClN2O/c1-14-12-24(13-14)21(25)17-7-5-15-6-8-18(11-23-20(15)10-17)16-3-2-4-19(22)9-16/h2-5,7,9-11,14,18H,6,8,12-13H2,1H3. The molecule has 1 amide bonds. The highest BCUT2D eigenvalue weighted by molar-refractivity contribution is 6.30. The predicted octanol–water partition coefficient (Wildman–Crippen LogP) is 4.86. The van der Waals surface area contributed by atoms with Crippen LogP contribution in [0.25, 0.3) is 0 Å². The van der Waals surface area contributed by atoms with Crippen molar-refractivity contribution in [3.05, 3.63) is 64.2 Å². The molecule has 0 radical (unpaired) electrons. The van der Waals surface area contributed by atoms with E-state index in [0.717, 1.165) is 42.2 Å². The summed E-state index contributed by atoms with van der Waals surface area (Å²) < 4.78 is 0. The smallest absolute Gasteiger partial charge is 0.253 e. The number of amides is 1. The molecule has 4 heteroatoms. The fourth-order valence-electron chi connectivity index (χ4n) is 3.62. The molecule has 0 N–H and O–H groups in total. The summed E-state index contributed by atoms with van der Waals surface area (Å²) in [5.74, 6) is 0.981. The molecule has 1 fully saturated rings. The molecule has 2 aliphatic rings. The number of carbonyl (C=O) groups is 1. The van der Waals surface area contributed by atoms with Crippen molar-refractivity contribution >= 4 is 29.4 Å². The highest BCUT2D eigenvalue weighted by Gasteiger charge is 2.28. The molecular formula is C21H21ClN2O. The number of aryl methyl sites for hydroxylation is 1. The molecule has 0 spiro atoms. The molecular weight excluding hydrogens is 332 g/mol. The molecule has 128 valence electrons. The van der Waals surface area contributed by atoms with Crippen LogP contribution < -0.4 is 0 Å². The molecule has 3 nitrogen and oxygen atoms in total. The van der Waals surface area contributed by atoms with E-state index in [1.165, 1.54) is 11.1 Å². The Bertz CT molecular complexity index is 840. The molecule has 2 aliphatic heterocycles. The van der Waals surface area contributed by atoms with Gasteiger partial charge in [-0.2, -0.15) is 0 Å². The van der Waals surface area contributed by atoms with Gasteiger partial charge in [-0.05, 0) is 54.2 Å². The maximum atomic E-state index is 12.5. The van der Waals surface area contributed by atoms with Gasteiger partial charge >= 0.3 is 0 Å². The van der Waals surface area contributed by atoms with Crippen molar-refractivity contribution in [2.75, 3.05) is 13.1 Å². The third kappa shape index (κ3) is 3.34. The number of hydrogen-bond acceptors (Lipinski definition) is 2. The first-order chi connectivity index (χ1) is 12.1. The monoisotopic (exact) mass is 352 g/mol. The van der Waals surface area contributed by atoms with Gasteiger partial charge in [0.2, 0.25) is 0 Å². The van der Waals surface area contributed by atoms with Gasteiger partial charge in [0.05, 0.1) is 5.69 Å². The molecule has 2 aromatic rings. The molecule has 4 rings (SSSR count). The number of benzene rings is 2. The van der Waals surface area contributed by atoms with Gasteiger partial charge in [0.25, 0.3) is 5.91 Å². The van der Waals surface area contributed by atoms with E-state index in [0.29, 0.717) is 5.92 Å². The Hall–Kier alpha value is -2.13. The van der Waals surface area contributed by atoms with Crippen LogP contribution in [0.15, 0.2) is 47.5 Å². The molecule has 0 aromatic heterocycles. The fourth-order valence-corrected chi connectivity index (χ4v) is 3.82. The minimum Gasteiger partial charge on any atom is -0.338 e. The molecule has 0 saturated carbocycles. The molecule has 2 aromatic carbocycles. The minimum atomic E-state index is 0.117. The van der Waals surface area contributed by atoms with Gasteiger partial charge in [-0.1, -0.05) is 36.7 Å². The number of halogens is 1. The van der Waals surface area contributed by atoms with Gasteiger partial charge in [0.15, 0.2) is 0 Å². The van der Waals surface area contributed by atoms with Gasteiger partial charge < -0.3 is 4.90 Å². The Labute approximate surface area is 153 Å². The summed E-state index contributed by atoms with van der Waals surface area (Å²) in [6.07, 6.45) is 3.94. The zero-order valence-electron chi connectivity index (χ0n) is 14.3. The summed E-state index contributed by atoms with van der Waals surface area (Å²) in [5, 5.41) is 0.754. The van der Waals surface area contributed by atoms with Crippen LogP contribution >= 0.6 is 11.6 Å². The highest BCUT2D eigenvalue weighted by Crippen LogP contribution is 2.32. The Morgan fingerprint density at radius 3 is 2.80 bits per heavy atom.